The van der Waals surface area contributed by atoms with Crippen LogP contribution in [0.3, 0.4) is 0 Å². The number of rotatable bonds is 4. The third-order valence-electron chi connectivity index (χ3n) is 5.80. The molecule has 0 aliphatic carbocycles. The molecule has 1 amide bonds. The van der Waals surface area contributed by atoms with Gasteiger partial charge in [0.25, 0.3) is 5.91 Å². The topological polar surface area (TPSA) is 85.4 Å². The van der Waals surface area contributed by atoms with Crippen molar-refractivity contribution in [2.75, 3.05) is 13.1 Å². The van der Waals surface area contributed by atoms with Gasteiger partial charge in [0.2, 0.25) is 10.0 Å². The maximum atomic E-state index is 13.4. The van der Waals surface area contributed by atoms with Crippen molar-refractivity contribution >= 4 is 27.5 Å². The largest absolute Gasteiger partial charge is 0.339 e. The molecule has 0 bridgehead atoms. The summed E-state index contributed by atoms with van der Waals surface area (Å²) in [6, 6.07) is 13.8. The summed E-state index contributed by atoms with van der Waals surface area (Å²) in [7, 11) is -3.79. The molecule has 6 nitrogen and oxygen atoms in total. The maximum absolute atomic E-state index is 13.4. The first-order valence-electron chi connectivity index (χ1n) is 10.1. The molecule has 1 fully saturated rings. The number of aromatic nitrogens is 1. The molecule has 0 atom stereocenters. The van der Waals surface area contributed by atoms with Gasteiger partial charge in [0.15, 0.2) is 0 Å². The first-order chi connectivity index (χ1) is 14.7. The Bertz CT molecular complexity index is 1240. The molecular formula is C23H24ClN3O3S. The van der Waals surface area contributed by atoms with Crippen molar-refractivity contribution in [3.05, 3.63) is 70.4 Å². The number of carbonyl (C=O) groups is 1. The lowest BCUT2D eigenvalue weighted by Crippen LogP contribution is -2.28. The Morgan fingerprint density at radius 2 is 1.55 bits per heavy atom. The van der Waals surface area contributed by atoms with Crippen molar-refractivity contribution in [2.24, 2.45) is 5.14 Å². The molecule has 8 heteroatoms. The minimum Gasteiger partial charge on any atom is -0.339 e. The van der Waals surface area contributed by atoms with Crippen LogP contribution in [-0.4, -0.2) is 36.9 Å². The van der Waals surface area contributed by atoms with E-state index in [2.05, 4.69) is 0 Å². The number of hydrogen-bond donors (Lipinski definition) is 1. The lowest BCUT2D eigenvalue weighted by Gasteiger charge is -2.16. The van der Waals surface area contributed by atoms with E-state index >= 15 is 0 Å². The van der Waals surface area contributed by atoms with Crippen molar-refractivity contribution in [3.63, 3.8) is 0 Å². The van der Waals surface area contributed by atoms with E-state index in [4.69, 9.17) is 16.7 Å². The summed E-state index contributed by atoms with van der Waals surface area (Å²) in [6.45, 7) is 5.41. The van der Waals surface area contributed by atoms with Gasteiger partial charge in [-0.1, -0.05) is 23.7 Å². The number of hydrogen-bond acceptors (Lipinski definition) is 3. The van der Waals surface area contributed by atoms with Crippen molar-refractivity contribution in [1.29, 1.82) is 0 Å². The van der Waals surface area contributed by atoms with Gasteiger partial charge in [-0.15, -0.1) is 0 Å². The van der Waals surface area contributed by atoms with E-state index in [0.29, 0.717) is 10.6 Å². The average molecular weight is 458 g/mol. The zero-order valence-electron chi connectivity index (χ0n) is 17.4. The van der Waals surface area contributed by atoms with Crippen molar-refractivity contribution in [2.45, 2.75) is 31.6 Å². The van der Waals surface area contributed by atoms with Crippen LogP contribution in [0.25, 0.3) is 16.9 Å². The maximum Gasteiger partial charge on any atom is 0.255 e. The highest BCUT2D eigenvalue weighted by Crippen LogP contribution is 2.35. The molecule has 1 aliphatic heterocycles. The molecule has 3 aromatic rings. The summed E-state index contributed by atoms with van der Waals surface area (Å²) >= 11 is 6.09. The second-order valence-electron chi connectivity index (χ2n) is 7.81. The van der Waals surface area contributed by atoms with Crippen LogP contribution in [0.2, 0.25) is 5.02 Å². The molecule has 0 spiro atoms. The Labute approximate surface area is 187 Å². The predicted molar refractivity (Wildman–Crippen MR) is 122 cm³/mol. The van der Waals surface area contributed by atoms with Crippen LogP contribution in [0.4, 0.5) is 0 Å². The molecule has 31 heavy (non-hydrogen) atoms. The van der Waals surface area contributed by atoms with Crippen LogP contribution in [0.1, 0.15) is 34.5 Å². The highest BCUT2D eigenvalue weighted by atomic mass is 35.5. The van der Waals surface area contributed by atoms with Crippen LogP contribution in [-0.2, 0) is 10.0 Å². The number of benzene rings is 2. The minimum absolute atomic E-state index is 0.0302. The van der Waals surface area contributed by atoms with E-state index in [0.717, 1.165) is 54.1 Å². The van der Waals surface area contributed by atoms with Gasteiger partial charge in [0, 0.05) is 29.5 Å². The molecule has 0 saturated carbocycles. The van der Waals surface area contributed by atoms with Crippen LogP contribution in [0.15, 0.2) is 53.4 Å². The number of amides is 1. The number of carbonyl (C=O) groups excluding carboxylic acids is 1. The quantitative estimate of drug-likeness (QED) is 0.633. The van der Waals surface area contributed by atoms with E-state index in [1.54, 1.807) is 12.1 Å². The van der Waals surface area contributed by atoms with E-state index in [9.17, 15) is 13.2 Å². The Kier molecular flexibility index (Phi) is 5.68. The van der Waals surface area contributed by atoms with Gasteiger partial charge < -0.3 is 9.47 Å². The number of halogens is 1. The van der Waals surface area contributed by atoms with E-state index < -0.39 is 10.0 Å². The van der Waals surface area contributed by atoms with E-state index in [1.807, 2.05) is 47.6 Å². The number of nitrogens with two attached hydrogens (primary N) is 1. The fraction of sp³-hybridized carbons (Fsp3) is 0.261. The molecule has 2 N–H and O–H groups in total. The minimum atomic E-state index is -3.79. The summed E-state index contributed by atoms with van der Waals surface area (Å²) in [5.41, 5.74) is 4.91. The van der Waals surface area contributed by atoms with Crippen molar-refractivity contribution in [1.82, 2.24) is 9.47 Å². The van der Waals surface area contributed by atoms with Gasteiger partial charge in [-0.05, 0) is 74.2 Å². The van der Waals surface area contributed by atoms with Gasteiger partial charge in [-0.3, -0.25) is 4.79 Å². The molecule has 2 aromatic carbocycles. The van der Waals surface area contributed by atoms with E-state index in [1.165, 1.54) is 12.1 Å². The van der Waals surface area contributed by atoms with Gasteiger partial charge in [-0.25, -0.2) is 13.6 Å². The molecule has 4 rings (SSSR count). The van der Waals surface area contributed by atoms with Crippen LogP contribution in [0, 0.1) is 13.8 Å². The molecular weight excluding hydrogens is 434 g/mol. The summed E-state index contributed by atoms with van der Waals surface area (Å²) in [4.78, 5) is 15.3. The molecule has 1 saturated heterocycles. The number of nitrogens with zero attached hydrogens (tertiary/aromatic N) is 2. The van der Waals surface area contributed by atoms with Crippen LogP contribution >= 0.6 is 11.6 Å². The third kappa shape index (κ3) is 4.01. The SMILES string of the molecule is Cc1c(C(=O)N2CCCC2)c(C)n(-c2ccc(S(N)(=O)=O)cc2)c1-c1ccc(Cl)cc1. The van der Waals surface area contributed by atoms with Gasteiger partial charge in [0.05, 0.1) is 16.2 Å². The summed E-state index contributed by atoms with van der Waals surface area (Å²) < 4.78 is 25.3. The Morgan fingerprint density at radius 3 is 2.10 bits per heavy atom. The molecule has 1 aliphatic rings. The second-order valence-corrected chi connectivity index (χ2v) is 9.81. The fourth-order valence-corrected chi connectivity index (χ4v) is 4.93. The first kappa shape index (κ1) is 21.6. The molecule has 1 aromatic heterocycles. The normalized spacial score (nSPS) is 14.3. The van der Waals surface area contributed by atoms with Gasteiger partial charge >= 0.3 is 0 Å². The zero-order chi connectivity index (χ0) is 22.3. The Morgan fingerprint density at radius 1 is 0.968 bits per heavy atom. The van der Waals surface area contributed by atoms with Gasteiger partial charge in [0.1, 0.15) is 0 Å². The Hall–Kier alpha value is -2.61. The lowest BCUT2D eigenvalue weighted by molar-refractivity contribution is 0.0791. The van der Waals surface area contributed by atoms with Crippen LogP contribution in [0.5, 0.6) is 0 Å². The van der Waals surface area contributed by atoms with E-state index in [-0.39, 0.29) is 10.8 Å². The summed E-state index contributed by atoms with van der Waals surface area (Å²) in [5.74, 6) is 0.0302. The second kappa shape index (κ2) is 8.15. The van der Waals surface area contributed by atoms with Crippen LogP contribution < -0.4 is 5.14 Å². The smallest absolute Gasteiger partial charge is 0.255 e. The number of sulfonamides is 1. The Balaban J connectivity index is 1.93. The highest BCUT2D eigenvalue weighted by Gasteiger charge is 2.28. The molecule has 0 unspecified atom stereocenters. The zero-order valence-corrected chi connectivity index (χ0v) is 19.0. The summed E-state index contributed by atoms with van der Waals surface area (Å²) in [5, 5.41) is 5.88. The third-order valence-corrected chi connectivity index (χ3v) is 6.98. The monoisotopic (exact) mass is 457 g/mol. The van der Waals surface area contributed by atoms with Crippen molar-refractivity contribution in [3.8, 4) is 16.9 Å². The van der Waals surface area contributed by atoms with Gasteiger partial charge in [-0.2, -0.15) is 0 Å². The summed E-state index contributed by atoms with van der Waals surface area (Å²) in [6.07, 6.45) is 2.03. The number of likely N-dealkylation sites (tertiary alicyclic amines) is 1. The first-order valence-corrected chi connectivity index (χ1v) is 12.0. The fourth-order valence-electron chi connectivity index (χ4n) is 4.29. The highest BCUT2D eigenvalue weighted by molar-refractivity contribution is 7.89. The predicted octanol–water partition coefficient (Wildman–Crippen LogP) is 4.30. The number of primary sulfonamides is 1. The molecule has 2 heterocycles. The lowest BCUT2D eigenvalue weighted by atomic mass is 10.0. The molecule has 162 valence electrons. The molecule has 0 radical (unpaired) electrons. The average Bonchev–Trinajstić information content (AvgIpc) is 3.35. The standard InChI is InChI=1S/C23H24ClN3O3S/c1-15-21(23(28)26-13-3-4-14-26)16(2)27(22(15)17-5-7-18(24)8-6-17)19-9-11-20(12-10-19)31(25,29)30/h5-12H,3-4,13-14H2,1-2H3,(H2,25,29,30). The van der Waals surface area contributed by atoms with Crippen molar-refractivity contribution < 1.29 is 13.2 Å².